The van der Waals surface area contributed by atoms with Gasteiger partial charge in [-0.05, 0) is 32.9 Å². The molecule has 0 aliphatic rings. The Bertz CT molecular complexity index is 326. The summed E-state index contributed by atoms with van der Waals surface area (Å²) < 4.78 is 0. The molecule has 17 heavy (non-hydrogen) atoms. The molecule has 5 heteroatoms. The molecule has 0 saturated heterocycles. The maximum atomic E-state index is 9.74. The Balaban J connectivity index is 2.34. The molecule has 1 heterocycles. The molecular formula is C12H21N3OS. The number of hydrogen-bond acceptors (Lipinski definition) is 5. The second-order valence-electron chi connectivity index (χ2n) is 4.10. The first-order chi connectivity index (χ1) is 8.11. The van der Waals surface area contributed by atoms with E-state index in [0.29, 0.717) is 12.3 Å². The van der Waals surface area contributed by atoms with E-state index in [1.807, 2.05) is 19.9 Å². The quantitative estimate of drug-likeness (QED) is 0.440. The number of aryl methyl sites for hydroxylation is 2. The summed E-state index contributed by atoms with van der Waals surface area (Å²) >= 11 is 1.50. The van der Waals surface area contributed by atoms with E-state index in [1.165, 1.54) is 11.8 Å². The van der Waals surface area contributed by atoms with Crippen molar-refractivity contribution >= 4 is 11.8 Å². The Labute approximate surface area is 107 Å². The van der Waals surface area contributed by atoms with Crippen molar-refractivity contribution < 1.29 is 5.11 Å². The van der Waals surface area contributed by atoms with Crippen molar-refractivity contribution in [3.8, 4) is 0 Å². The number of aromatic nitrogens is 2. The highest BCUT2D eigenvalue weighted by molar-refractivity contribution is 7.99. The van der Waals surface area contributed by atoms with Gasteiger partial charge in [-0.1, -0.05) is 18.7 Å². The zero-order valence-corrected chi connectivity index (χ0v) is 11.5. The van der Waals surface area contributed by atoms with Gasteiger partial charge in [0.1, 0.15) is 0 Å². The molecule has 1 aromatic rings. The first kappa shape index (κ1) is 14.4. The van der Waals surface area contributed by atoms with Crippen molar-refractivity contribution in [3.05, 3.63) is 17.5 Å². The van der Waals surface area contributed by atoms with Gasteiger partial charge in [-0.3, -0.25) is 0 Å². The number of hydrogen-bond donors (Lipinski definition) is 2. The predicted octanol–water partition coefficient (Wildman–Crippen LogP) is 1.55. The largest absolute Gasteiger partial charge is 0.391 e. The molecule has 0 bridgehead atoms. The molecule has 0 spiro atoms. The van der Waals surface area contributed by atoms with Crippen molar-refractivity contribution in [3.63, 3.8) is 0 Å². The van der Waals surface area contributed by atoms with Gasteiger partial charge in [-0.25, -0.2) is 9.97 Å². The van der Waals surface area contributed by atoms with Crippen molar-refractivity contribution in [2.75, 3.05) is 18.8 Å². The molecule has 0 saturated carbocycles. The van der Waals surface area contributed by atoms with Crippen LogP contribution in [0.15, 0.2) is 11.2 Å². The maximum absolute atomic E-state index is 9.74. The molecular weight excluding hydrogens is 234 g/mol. The van der Waals surface area contributed by atoms with Crippen molar-refractivity contribution in [2.45, 2.75) is 38.5 Å². The van der Waals surface area contributed by atoms with Crippen molar-refractivity contribution in [1.82, 2.24) is 15.3 Å². The summed E-state index contributed by atoms with van der Waals surface area (Å²) in [7, 11) is 0. The minimum absolute atomic E-state index is 0.351. The lowest BCUT2D eigenvalue weighted by atomic mass is 10.4. The van der Waals surface area contributed by atoms with Crippen molar-refractivity contribution in [1.29, 1.82) is 0 Å². The molecule has 1 rings (SSSR count). The van der Waals surface area contributed by atoms with E-state index >= 15 is 0 Å². The lowest BCUT2D eigenvalue weighted by molar-refractivity contribution is 0.196. The Morgan fingerprint density at radius 2 is 2.00 bits per heavy atom. The fraction of sp³-hybridized carbons (Fsp3) is 0.667. The van der Waals surface area contributed by atoms with Gasteiger partial charge >= 0.3 is 0 Å². The second kappa shape index (κ2) is 7.63. The van der Waals surface area contributed by atoms with E-state index in [-0.39, 0.29) is 6.10 Å². The Kier molecular flexibility index (Phi) is 6.47. The molecule has 1 unspecified atom stereocenters. The zero-order chi connectivity index (χ0) is 12.7. The number of nitrogens with zero attached hydrogens (tertiary/aromatic N) is 2. The van der Waals surface area contributed by atoms with Crippen LogP contribution in [0.5, 0.6) is 0 Å². The molecule has 4 nitrogen and oxygen atoms in total. The number of rotatable bonds is 7. The summed E-state index contributed by atoms with van der Waals surface area (Å²) in [5.41, 5.74) is 1.94. The van der Waals surface area contributed by atoms with E-state index in [4.69, 9.17) is 0 Å². The lowest BCUT2D eigenvalue weighted by Crippen LogP contribution is -2.29. The zero-order valence-electron chi connectivity index (χ0n) is 10.7. The first-order valence-corrected chi connectivity index (χ1v) is 6.94. The molecule has 0 aliphatic heterocycles. The van der Waals surface area contributed by atoms with Crippen LogP contribution >= 0.6 is 11.8 Å². The van der Waals surface area contributed by atoms with Crippen LogP contribution in [-0.2, 0) is 0 Å². The highest BCUT2D eigenvalue weighted by Gasteiger charge is 2.06. The van der Waals surface area contributed by atoms with E-state index in [1.54, 1.807) is 0 Å². The van der Waals surface area contributed by atoms with Gasteiger partial charge in [-0.2, -0.15) is 0 Å². The monoisotopic (exact) mass is 255 g/mol. The standard InChI is InChI=1S/C12H21N3OS/c1-4-5-13-7-11(16)8-17-12-14-9(2)6-10(3)15-12/h6,11,13,16H,4-5,7-8H2,1-3H3. The van der Waals surface area contributed by atoms with Gasteiger partial charge in [0.15, 0.2) is 5.16 Å². The number of aliphatic hydroxyl groups is 1. The third-order valence-corrected chi connectivity index (χ3v) is 3.17. The topological polar surface area (TPSA) is 58.0 Å². The fourth-order valence-corrected chi connectivity index (χ4v) is 2.31. The molecule has 2 N–H and O–H groups in total. The van der Waals surface area contributed by atoms with Crippen LogP contribution in [0.25, 0.3) is 0 Å². The Morgan fingerprint density at radius 1 is 1.35 bits per heavy atom. The normalized spacial score (nSPS) is 12.7. The van der Waals surface area contributed by atoms with E-state index < -0.39 is 0 Å². The summed E-state index contributed by atoms with van der Waals surface area (Å²) in [4.78, 5) is 8.65. The minimum Gasteiger partial charge on any atom is -0.391 e. The molecule has 0 fully saturated rings. The SMILES string of the molecule is CCCNCC(O)CSc1nc(C)cc(C)n1. The van der Waals surface area contributed by atoms with Gasteiger partial charge < -0.3 is 10.4 Å². The van der Waals surface area contributed by atoms with E-state index in [0.717, 1.165) is 29.5 Å². The molecule has 0 amide bonds. The number of thioether (sulfide) groups is 1. The first-order valence-electron chi connectivity index (χ1n) is 5.95. The van der Waals surface area contributed by atoms with Crippen molar-refractivity contribution in [2.24, 2.45) is 0 Å². The lowest BCUT2D eigenvalue weighted by Gasteiger charge is -2.10. The second-order valence-corrected chi connectivity index (χ2v) is 5.09. The van der Waals surface area contributed by atoms with Crippen LogP contribution in [0.4, 0.5) is 0 Å². The van der Waals surface area contributed by atoms with Crippen LogP contribution in [0.3, 0.4) is 0 Å². The van der Waals surface area contributed by atoms with Gasteiger partial charge in [0.25, 0.3) is 0 Å². The highest BCUT2D eigenvalue weighted by atomic mass is 32.2. The summed E-state index contributed by atoms with van der Waals surface area (Å²) in [5, 5.41) is 13.7. The average Bonchev–Trinajstić information content (AvgIpc) is 2.25. The summed E-state index contributed by atoms with van der Waals surface area (Å²) in [6.45, 7) is 7.60. The van der Waals surface area contributed by atoms with Crippen LogP contribution in [0, 0.1) is 13.8 Å². The van der Waals surface area contributed by atoms with E-state index in [2.05, 4.69) is 22.2 Å². The fourth-order valence-electron chi connectivity index (χ4n) is 1.43. The summed E-state index contributed by atoms with van der Waals surface area (Å²) in [6.07, 6.45) is 0.732. The van der Waals surface area contributed by atoms with E-state index in [9.17, 15) is 5.11 Å². The van der Waals surface area contributed by atoms with Gasteiger partial charge in [0.05, 0.1) is 6.10 Å². The van der Waals surface area contributed by atoms with Gasteiger partial charge in [0, 0.05) is 23.7 Å². The Morgan fingerprint density at radius 3 is 2.59 bits per heavy atom. The third-order valence-electron chi connectivity index (χ3n) is 2.17. The van der Waals surface area contributed by atoms with Crippen LogP contribution in [0.1, 0.15) is 24.7 Å². The average molecular weight is 255 g/mol. The number of nitrogens with one attached hydrogen (secondary N) is 1. The minimum atomic E-state index is -0.351. The molecule has 0 radical (unpaired) electrons. The number of aliphatic hydroxyl groups excluding tert-OH is 1. The van der Waals surface area contributed by atoms with Crippen LogP contribution in [-0.4, -0.2) is 40.0 Å². The molecule has 0 aromatic carbocycles. The molecule has 96 valence electrons. The van der Waals surface area contributed by atoms with Crippen LogP contribution < -0.4 is 5.32 Å². The van der Waals surface area contributed by atoms with Gasteiger partial charge in [0.2, 0.25) is 0 Å². The highest BCUT2D eigenvalue weighted by Crippen LogP contribution is 2.14. The smallest absolute Gasteiger partial charge is 0.188 e. The molecule has 1 atom stereocenters. The molecule has 1 aromatic heterocycles. The summed E-state index contributed by atoms with van der Waals surface area (Å²) in [6, 6.07) is 1.95. The summed E-state index contributed by atoms with van der Waals surface area (Å²) in [5.74, 6) is 0.625. The Hall–Kier alpha value is -0.650. The predicted molar refractivity (Wildman–Crippen MR) is 71.4 cm³/mol. The van der Waals surface area contributed by atoms with Crippen LogP contribution in [0.2, 0.25) is 0 Å². The maximum Gasteiger partial charge on any atom is 0.188 e. The third kappa shape index (κ3) is 6.00. The van der Waals surface area contributed by atoms with Gasteiger partial charge in [-0.15, -0.1) is 0 Å². The molecule has 0 aliphatic carbocycles.